The molecule has 0 spiro atoms. The quantitative estimate of drug-likeness (QED) is 0.329. The second-order valence-corrected chi connectivity index (χ2v) is 3.51. The van der Waals surface area contributed by atoms with Crippen LogP contribution in [0.2, 0.25) is 0 Å². The Hall–Kier alpha value is -1.91. The van der Waals surface area contributed by atoms with Crippen molar-refractivity contribution in [3.63, 3.8) is 0 Å². The smallest absolute Gasteiger partial charge is 0.142 e. The number of hydrogen-bond acceptors (Lipinski definition) is 4. The van der Waals surface area contributed by atoms with Gasteiger partial charge in [0.2, 0.25) is 0 Å². The molecular formula is C12H18N2O3. The van der Waals surface area contributed by atoms with Gasteiger partial charge in [-0.25, -0.2) is 0 Å². The van der Waals surface area contributed by atoms with Crippen LogP contribution in [0.3, 0.4) is 0 Å². The third kappa shape index (κ3) is 5.10. The number of oxime groups is 1. The van der Waals surface area contributed by atoms with Crippen molar-refractivity contribution in [3.05, 3.63) is 24.3 Å². The molecule has 1 aromatic carbocycles. The second kappa shape index (κ2) is 7.38. The Balaban J connectivity index is 2.35. The molecule has 5 nitrogen and oxygen atoms in total. The summed E-state index contributed by atoms with van der Waals surface area (Å²) in [4.78, 5) is 0. The Morgan fingerprint density at radius 3 is 2.18 bits per heavy atom. The molecule has 0 saturated carbocycles. The highest BCUT2D eigenvalue weighted by Crippen LogP contribution is 2.17. The summed E-state index contributed by atoms with van der Waals surface area (Å²) >= 11 is 0. The molecule has 94 valence electrons. The van der Waals surface area contributed by atoms with E-state index in [4.69, 9.17) is 20.4 Å². The first-order chi connectivity index (χ1) is 8.26. The topological polar surface area (TPSA) is 77.1 Å². The van der Waals surface area contributed by atoms with Gasteiger partial charge in [0.05, 0.1) is 13.2 Å². The van der Waals surface area contributed by atoms with Gasteiger partial charge in [-0.2, -0.15) is 0 Å². The van der Waals surface area contributed by atoms with Crippen LogP contribution in [0, 0.1) is 0 Å². The van der Waals surface area contributed by atoms with Crippen LogP contribution < -0.4 is 15.2 Å². The minimum atomic E-state index is 0.160. The predicted octanol–water partition coefficient (Wildman–Crippen LogP) is 1.99. The second-order valence-electron chi connectivity index (χ2n) is 3.51. The molecule has 0 unspecified atom stereocenters. The van der Waals surface area contributed by atoms with Gasteiger partial charge in [0, 0.05) is 6.42 Å². The number of ether oxygens (including phenoxy) is 2. The molecule has 1 rings (SSSR count). The lowest BCUT2D eigenvalue weighted by atomic mass is 10.3. The molecule has 0 radical (unpaired) electrons. The Morgan fingerprint density at radius 1 is 1.18 bits per heavy atom. The SMILES string of the molecule is CCCOc1ccc(OCC/C(N)=N/O)cc1. The Morgan fingerprint density at radius 2 is 1.71 bits per heavy atom. The van der Waals surface area contributed by atoms with E-state index in [-0.39, 0.29) is 5.84 Å². The van der Waals surface area contributed by atoms with E-state index >= 15 is 0 Å². The molecule has 0 aliphatic carbocycles. The van der Waals surface area contributed by atoms with Gasteiger partial charge in [0.15, 0.2) is 0 Å². The summed E-state index contributed by atoms with van der Waals surface area (Å²) in [7, 11) is 0. The fraction of sp³-hybridized carbons (Fsp3) is 0.417. The lowest BCUT2D eigenvalue weighted by Crippen LogP contribution is -2.15. The van der Waals surface area contributed by atoms with Gasteiger partial charge < -0.3 is 20.4 Å². The molecule has 1 aromatic rings. The fourth-order valence-electron chi connectivity index (χ4n) is 1.18. The molecule has 0 saturated heterocycles. The van der Waals surface area contributed by atoms with E-state index in [0.29, 0.717) is 19.6 Å². The molecular weight excluding hydrogens is 220 g/mol. The Bertz CT molecular complexity index is 349. The average Bonchev–Trinajstić information content (AvgIpc) is 2.37. The van der Waals surface area contributed by atoms with E-state index in [1.165, 1.54) is 0 Å². The summed E-state index contributed by atoms with van der Waals surface area (Å²) < 4.78 is 10.9. The Labute approximate surface area is 101 Å². The number of amidine groups is 1. The van der Waals surface area contributed by atoms with Gasteiger partial charge in [-0.15, -0.1) is 0 Å². The van der Waals surface area contributed by atoms with E-state index in [1.807, 2.05) is 24.3 Å². The van der Waals surface area contributed by atoms with Gasteiger partial charge in [-0.3, -0.25) is 0 Å². The molecule has 0 bridgehead atoms. The van der Waals surface area contributed by atoms with Crippen LogP contribution in [-0.4, -0.2) is 24.3 Å². The number of nitrogens with two attached hydrogens (primary N) is 1. The lowest BCUT2D eigenvalue weighted by molar-refractivity contribution is 0.303. The highest BCUT2D eigenvalue weighted by atomic mass is 16.5. The molecule has 3 N–H and O–H groups in total. The molecule has 0 aliphatic heterocycles. The van der Waals surface area contributed by atoms with Crippen molar-refractivity contribution >= 4 is 5.84 Å². The molecule has 0 heterocycles. The molecule has 0 amide bonds. The number of rotatable bonds is 7. The zero-order valence-electron chi connectivity index (χ0n) is 9.93. The third-order valence-electron chi connectivity index (χ3n) is 2.05. The van der Waals surface area contributed by atoms with Crippen LogP contribution in [0.1, 0.15) is 19.8 Å². The van der Waals surface area contributed by atoms with Crippen LogP contribution >= 0.6 is 0 Å². The highest BCUT2D eigenvalue weighted by molar-refractivity contribution is 5.79. The minimum Gasteiger partial charge on any atom is -0.494 e. The summed E-state index contributed by atoms with van der Waals surface area (Å²) in [5, 5.41) is 11.2. The third-order valence-corrected chi connectivity index (χ3v) is 2.05. The van der Waals surface area contributed by atoms with E-state index in [1.54, 1.807) is 0 Å². The number of hydrogen-bond donors (Lipinski definition) is 2. The lowest BCUT2D eigenvalue weighted by Gasteiger charge is -2.07. The van der Waals surface area contributed by atoms with Crippen molar-refractivity contribution in [2.24, 2.45) is 10.9 Å². The summed E-state index contributed by atoms with van der Waals surface area (Å²) in [5.74, 6) is 1.73. The van der Waals surface area contributed by atoms with Crippen LogP contribution in [0.15, 0.2) is 29.4 Å². The van der Waals surface area contributed by atoms with Crippen molar-refractivity contribution in [1.82, 2.24) is 0 Å². The van der Waals surface area contributed by atoms with Crippen molar-refractivity contribution in [3.8, 4) is 11.5 Å². The van der Waals surface area contributed by atoms with E-state index in [2.05, 4.69) is 12.1 Å². The molecule has 5 heteroatoms. The molecule has 0 aromatic heterocycles. The van der Waals surface area contributed by atoms with Crippen LogP contribution in [-0.2, 0) is 0 Å². The van der Waals surface area contributed by atoms with Crippen molar-refractivity contribution < 1.29 is 14.7 Å². The largest absolute Gasteiger partial charge is 0.494 e. The summed E-state index contributed by atoms with van der Waals surface area (Å²) in [5.41, 5.74) is 5.32. The summed E-state index contributed by atoms with van der Waals surface area (Å²) in [6.45, 7) is 3.15. The van der Waals surface area contributed by atoms with Crippen molar-refractivity contribution in [2.45, 2.75) is 19.8 Å². The normalized spacial score (nSPS) is 11.2. The predicted molar refractivity (Wildman–Crippen MR) is 65.7 cm³/mol. The van der Waals surface area contributed by atoms with Crippen molar-refractivity contribution in [1.29, 1.82) is 0 Å². The van der Waals surface area contributed by atoms with Crippen LogP contribution in [0.25, 0.3) is 0 Å². The zero-order chi connectivity index (χ0) is 12.5. The zero-order valence-corrected chi connectivity index (χ0v) is 9.93. The fourth-order valence-corrected chi connectivity index (χ4v) is 1.18. The van der Waals surface area contributed by atoms with Crippen LogP contribution in [0.5, 0.6) is 11.5 Å². The van der Waals surface area contributed by atoms with Gasteiger partial charge in [0.1, 0.15) is 17.3 Å². The monoisotopic (exact) mass is 238 g/mol. The Kier molecular flexibility index (Phi) is 5.71. The molecule has 17 heavy (non-hydrogen) atoms. The number of benzene rings is 1. The maximum atomic E-state index is 8.34. The first kappa shape index (κ1) is 13.2. The van der Waals surface area contributed by atoms with E-state index in [0.717, 1.165) is 17.9 Å². The molecule has 0 atom stereocenters. The maximum Gasteiger partial charge on any atom is 0.142 e. The number of nitrogens with zero attached hydrogens (tertiary/aromatic N) is 1. The molecule has 0 aliphatic rings. The van der Waals surface area contributed by atoms with Crippen LogP contribution in [0.4, 0.5) is 0 Å². The van der Waals surface area contributed by atoms with E-state index in [9.17, 15) is 0 Å². The molecule has 0 fully saturated rings. The van der Waals surface area contributed by atoms with E-state index < -0.39 is 0 Å². The standard InChI is InChI=1S/C12H18N2O3/c1-2-8-16-10-3-5-11(6-4-10)17-9-7-12(13)14-15/h3-6,15H,2,7-9H2,1H3,(H2,13,14). The van der Waals surface area contributed by atoms with Gasteiger partial charge >= 0.3 is 0 Å². The first-order valence-electron chi connectivity index (χ1n) is 5.58. The first-order valence-corrected chi connectivity index (χ1v) is 5.58. The average molecular weight is 238 g/mol. The maximum absolute atomic E-state index is 8.34. The summed E-state index contributed by atoms with van der Waals surface area (Å²) in [6, 6.07) is 7.37. The summed E-state index contributed by atoms with van der Waals surface area (Å²) in [6.07, 6.45) is 1.38. The minimum absolute atomic E-state index is 0.160. The highest BCUT2D eigenvalue weighted by Gasteiger charge is 1.97. The van der Waals surface area contributed by atoms with Gasteiger partial charge in [0.25, 0.3) is 0 Å². The van der Waals surface area contributed by atoms with Gasteiger partial charge in [-0.1, -0.05) is 12.1 Å². The van der Waals surface area contributed by atoms with Gasteiger partial charge in [-0.05, 0) is 30.7 Å². The van der Waals surface area contributed by atoms with Crippen molar-refractivity contribution in [2.75, 3.05) is 13.2 Å².